The molecule has 2 amide bonds. The van der Waals surface area contributed by atoms with Crippen LogP contribution in [0.5, 0.6) is 0 Å². The van der Waals surface area contributed by atoms with E-state index in [1.165, 1.54) is 0 Å². The zero-order chi connectivity index (χ0) is 18.1. The van der Waals surface area contributed by atoms with Gasteiger partial charge in [0, 0.05) is 38.3 Å². The van der Waals surface area contributed by atoms with Crippen molar-refractivity contribution < 1.29 is 9.59 Å². The summed E-state index contributed by atoms with van der Waals surface area (Å²) in [5.74, 6) is -0.506. The molecule has 0 aliphatic carbocycles. The Balaban J connectivity index is 1.72. The first kappa shape index (κ1) is 18.2. The van der Waals surface area contributed by atoms with Crippen molar-refractivity contribution in [2.75, 3.05) is 24.3 Å². The fraction of sp³-hybridized carbons (Fsp3) is 0.211. The molecule has 0 aromatic heterocycles. The third-order valence-corrected chi connectivity index (χ3v) is 3.45. The van der Waals surface area contributed by atoms with Gasteiger partial charge in [-0.25, -0.2) is 5.43 Å². The van der Waals surface area contributed by atoms with E-state index in [9.17, 15) is 9.59 Å². The minimum atomic E-state index is -0.302. The molecule has 0 unspecified atom stereocenters. The van der Waals surface area contributed by atoms with Crippen molar-refractivity contribution in [1.29, 1.82) is 0 Å². The lowest BCUT2D eigenvalue weighted by Gasteiger charge is -2.11. The molecule has 0 bridgehead atoms. The van der Waals surface area contributed by atoms with Crippen molar-refractivity contribution >= 4 is 29.4 Å². The van der Waals surface area contributed by atoms with E-state index in [1.54, 1.807) is 18.3 Å². The lowest BCUT2D eigenvalue weighted by Crippen LogP contribution is -2.20. The number of nitrogens with one attached hydrogen (secondary N) is 2. The zero-order valence-electron chi connectivity index (χ0n) is 14.4. The van der Waals surface area contributed by atoms with Gasteiger partial charge >= 0.3 is 0 Å². The molecule has 2 N–H and O–H groups in total. The Morgan fingerprint density at radius 3 is 2.24 bits per heavy atom. The number of hydrogen-bond donors (Lipinski definition) is 2. The molecular formula is C19H22N4O2. The number of hydrazone groups is 1. The highest BCUT2D eigenvalue weighted by molar-refractivity contribution is 5.93. The molecule has 2 rings (SSSR count). The van der Waals surface area contributed by atoms with E-state index < -0.39 is 0 Å². The molecule has 0 aliphatic heterocycles. The van der Waals surface area contributed by atoms with Gasteiger partial charge in [-0.15, -0.1) is 0 Å². The first-order valence-electron chi connectivity index (χ1n) is 7.99. The van der Waals surface area contributed by atoms with Crippen LogP contribution in [0.1, 0.15) is 18.4 Å². The molecular weight excluding hydrogens is 316 g/mol. The highest BCUT2D eigenvalue weighted by atomic mass is 16.2. The van der Waals surface area contributed by atoms with Crippen molar-refractivity contribution in [3.8, 4) is 0 Å². The van der Waals surface area contributed by atoms with Crippen LogP contribution in [0.2, 0.25) is 0 Å². The van der Waals surface area contributed by atoms with Crippen molar-refractivity contribution in [2.45, 2.75) is 12.8 Å². The Morgan fingerprint density at radius 2 is 1.60 bits per heavy atom. The van der Waals surface area contributed by atoms with Crippen LogP contribution in [0.15, 0.2) is 59.7 Å². The van der Waals surface area contributed by atoms with Gasteiger partial charge in [-0.2, -0.15) is 5.10 Å². The SMILES string of the molecule is CN(C)c1ccc(/C=N\NC(=O)CCC(=O)Nc2ccccc2)cc1. The van der Waals surface area contributed by atoms with Gasteiger partial charge in [-0.05, 0) is 29.8 Å². The van der Waals surface area contributed by atoms with E-state index in [0.717, 1.165) is 11.3 Å². The average molecular weight is 338 g/mol. The molecule has 2 aromatic carbocycles. The molecule has 25 heavy (non-hydrogen) atoms. The third kappa shape index (κ3) is 6.47. The Morgan fingerprint density at radius 1 is 0.960 bits per heavy atom. The molecule has 0 saturated heterocycles. The monoisotopic (exact) mass is 338 g/mol. The predicted octanol–water partition coefficient (Wildman–Crippen LogP) is 2.62. The summed E-state index contributed by atoms with van der Waals surface area (Å²) in [4.78, 5) is 25.5. The van der Waals surface area contributed by atoms with Crippen LogP contribution in [0, 0.1) is 0 Å². The maximum atomic E-state index is 11.8. The molecule has 0 heterocycles. The number of benzene rings is 2. The fourth-order valence-electron chi connectivity index (χ4n) is 2.07. The normalized spacial score (nSPS) is 10.5. The lowest BCUT2D eigenvalue weighted by atomic mass is 10.2. The van der Waals surface area contributed by atoms with Crippen molar-refractivity contribution in [2.24, 2.45) is 5.10 Å². The van der Waals surface area contributed by atoms with E-state index in [4.69, 9.17) is 0 Å². The highest BCUT2D eigenvalue weighted by Gasteiger charge is 2.06. The topological polar surface area (TPSA) is 73.8 Å². The van der Waals surface area contributed by atoms with E-state index in [2.05, 4.69) is 15.8 Å². The Bertz CT molecular complexity index is 725. The third-order valence-electron chi connectivity index (χ3n) is 3.45. The molecule has 0 fully saturated rings. The molecule has 0 spiro atoms. The van der Waals surface area contributed by atoms with Gasteiger partial charge in [0.15, 0.2) is 0 Å². The summed E-state index contributed by atoms with van der Waals surface area (Å²) < 4.78 is 0. The average Bonchev–Trinajstić information content (AvgIpc) is 2.61. The molecule has 0 atom stereocenters. The molecule has 2 aromatic rings. The molecule has 0 aliphatic rings. The molecule has 0 radical (unpaired) electrons. The van der Waals surface area contributed by atoms with Gasteiger partial charge in [-0.3, -0.25) is 9.59 Å². The zero-order valence-corrected chi connectivity index (χ0v) is 14.4. The maximum absolute atomic E-state index is 11.8. The van der Waals surface area contributed by atoms with Crippen LogP contribution in [0.4, 0.5) is 11.4 Å². The molecule has 130 valence electrons. The summed E-state index contributed by atoms with van der Waals surface area (Å²) >= 11 is 0. The lowest BCUT2D eigenvalue weighted by molar-refractivity contribution is -0.124. The highest BCUT2D eigenvalue weighted by Crippen LogP contribution is 2.10. The number of hydrogen-bond acceptors (Lipinski definition) is 4. The largest absolute Gasteiger partial charge is 0.378 e. The number of nitrogens with zero attached hydrogens (tertiary/aromatic N) is 2. The summed E-state index contributed by atoms with van der Waals surface area (Å²) in [6.07, 6.45) is 1.75. The number of para-hydroxylation sites is 1. The van der Waals surface area contributed by atoms with Gasteiger partial charge in [0.1, 0.15) is 0 Å². The summed E-state index contributed by atoms with van der Waals surface area (Å²) in [6.45, 7) is 0. The van der Waals surface area contributed by atoms with Crippen molar-refractivity contribution in [1.82, 2.24) is 5.43 Å². The predicted molar refractivity (Wildman–Crippen MR) is 101 cm³/mol. The van der Waals surface area contributed by atoms with Crippen LogP contribution >= 0.6 is 0 Å². The summed E-state index contributed by atoms with van der Waals surface area (Å²) in [7, 11) is 3.94. The number of carbonyl (C=O) groups is 2. The van der Waals surface area contributed by atoms with Gasteiger partial charge in [0.25, 0.3) is 0 Å². The standard InChI is InChI=1S/C19H22N4O2/c1-23(2)17-10-8-15(9-11-17)14-20-22-19(25)13-12-18(24)21-16-6-4-3-5-7-16/h3-11,14H,12-13H2,1-2H3,(H,21,24)(H,22,25)/b20-14-. The summed E-state index contributed by atoms with van der Waals surface area (Å²) in [6, 6.07) is 16.9. The number of amides is 2. The van der Waals surface area contributed by atoms with Crippen molar-refractivity contribution in [3.05, 3.63) is 60.2 Å². The fourth-order valence-corrected chi connectivity index (χ4v) is 2.07. The first-order valence-corrected chi connectivity index (χ1v) is 7.99. The number of anilines is 2. The van der Waals surface area contributed by atoms with Crippen LogP contribution in [0.25, 0.3) is 0 Å². The second kappa shape index (κ2) is 9.22. The van der Waals surface area contributed by atoms with E-state index in [-0.39, 0.29) is 24.7 Å². The smallest absolute Gasteiger partial charge is 0.240 e. The molecule has 6 heteroatoms. The quantitative estimate of drug-likeness (QED) is 0.602. The van der Waals surface area contributed by atoms with E-state index in [0.29, 0.717) is 5.69 Å². The molecule has 6 nitrogen and oxygen atoms in total. The number of carbonyl (C=O) groups excluding carboxylic acids is 2. The van der Waals surface area contributed by atoms with E-state index in [1.807, 2.05) is 61.5 Å². The summed E-state index contributed by atoms with van der Waals surface area (Å²) in [5.41, 5.74) is 5.11. The van der Waals surface area contributed by atoms with Gasteiger partial charge in [0.2, 0.25) is 11.8 Å². The second-order valence-electron chi connectivity index (χ2n) is 5.69. The van der Waals surface area contributed by atoms with Gasteiger partial charge < -0.3 is 10.2 Å². The minimum absolute atomic E-state index is 0.0789. The Kier molecular flexibility index (Phi) is 6.71. The summed E-state index contributed by atoms with van der Waals surface area (Å²) in [5, 5.41) is 6.64. The van der Waals surface area contributed by atoms with Crippen molar-refractivity contribution in [3.63, 3.8) is 0 Å². The first-order chi connectivity index (χ1) is 12.0. The Labute approximate surface area is 147 Å². The molecule has 0 saturated carbocycles. The number of rotatable bonds is 7. The maximum Gasteiger partial charge on any atom is 0.240 e. The van der Waals surface area contributed by atoms with Crippen LogP contribution in [-0.2, 0) is 9.59 Å². The second-order valence-corrected chi connectivity index (χ2v) is 5.69. The minimum Gasteiger partial charge on any atom is -0.378 e. The van der Waals surface area contributed by atoms with Crippen LogP contribution in [-0.4, -0.2) is 32.1 Å². The van der Waals surface area contributed by atoms with E-state index >= 15 is 0 Å². The van der Waals surface area contributed by atoms with Gasteiger partial charge in [-0.1, -0.05) is 30.3 Å². The Hall–Kier alpha value is -3.15. The van der Waals surface area contributed by atoms with Crippen LogP contribution < -0.4 is 15.6 Å². The van der Waals surface area contributed by atoms with Crippen LogP contribution in [0.3, 0.4) is 0 Å². The van der Waals surface area contributed by atoms with Gasteiger partial charge in [0.05, 0.1) is 6.21 Å².